The predicted octanol–water partition coefficient (Wildman–Crippen LogP) is 12.5. The van der Waals surface area contributed by atoms with E-state index in [-0.39, 0.29) is 31.1 Å². The standard InChI is InChI=1S/C42H76O6/c1-4-7-10-13-16-18-19-20-21-22-23-25-26-29-32-35-41(44)47-38-39(37-46-40(43)34-31-28-15-12-9-6-3)48-42(45)36-33-30-27-24-17-14-11-8-5-2/h16,18,20-21,39H,4-15,17,19,22-38H2,1-3H3/b18-16-,21-20-. The highest BCUT2D eigenvalue weighted by atomic mass is 16.6. The summed E-state index contributed by atoms with van der Waals surface area (Å²) >= 11 is 0. The largest absolute Gasteiger partial charge is 0.462 e. The van der Waals surface area contributed by atoms with Crippen LogP contribution in [-0.4, -0.2) is 37.2 Å². The summed E-state index contributed by atoms with van der Waals surface area (Å²) in [7, 11) is 0. The molecular weight excluding hydrogens is 600 g/mol. The van der Waals surface area contributed by atoms with Crippen molar-refractivity contribution < 1.29 is 28.6 Å². The van der Waals surface area contributed by atoms with Gasteiger partial charge in [0.25, 0.3) is 0 Å². The van der Waals surface area contributed by atoms with Crippen molar-refractivity contribution in [3.05, 3.63) is 24.3 Å². The smallest absolute Gasteiger partial charge is 0.306 e. The number of ether oxygens (including phenoxy) is 3. The van der Waals surface area contributed by atoms with Crippen LogP contribution in [0.4, 0.5) is 0 Å². The van der Waals surface area contributed by atoms with E-state index in [1.807, 2.05) is 0 Å². The molecule has 0 radical (unpaired) electrons. The molecule has 280 valence electrons. The van der Waals surface area contributed by atoms with E-state index in [1.165, 1.54) is 89.9 Å². The van der Waals surface area contributed by atoms with E-state index in [9.17, 15) is 14.4 Å². The average molecular weight is 677 g/mol. The zero-order valence-corrected chi connectivity index (χ0v) is 31.8. The summed E-state index contributed by atoms with van der Waals surface area (Å²) in [5.41, 5.74) is 0. The highest BCUT2D eigenvalue weighted by Gasteiger charge is 2.19. The fraction of sp³-hybridized carbons (Fsp3) is 0.833. The molecule has 0 spiro atoms. The molecule has 48 heavy (non-hydrogen) atoms. The number of rotatable bonds is 36. The molecule has 0 rings (SSSR count). The van der Waals surface area contributed by atoms with Crippen LogP contribution in [0.15, 0.2) is 24.3 Å². The molecule has 0 aromatic rings. The first-order valence-corrected chi connectivity index (χ1v) is 20.3. The zero-order chi connectivity index (χ0) is 35.2. The second kappa shape index (κ2) is 37.7. The lowest BCUT2D eigenvalue weighted by Gasteiger charge is -2.18. The van der Waals surface area contributed by atoms with Crippen LogP contribution in [0.1, 0.15) is 207 Å². The number of hydrogen-bond acceptors (Lipinski definition) is 6. The first-order valence-electron chi connectivity index (χ1n) is 20.3. The van der Waals surface area contributed by atoms with Gasteiger partial charge in [0.2, 0.25) is 0 Å². The molecule has 0 aliphatic heterocycles. The molecule has 0 N–H and O–H groups in total. The first-order chi connectivity index (χ1) is 23.5. The van der Waals surface area contributed by atoms with Crippen molar-refractivity contribution in [1.82, 2.24) is 0 Å². The van der Waals surface area contributed by atoms with E-state index in [2.05, 4.69) is 45.1 Å². The molecule has 1 unspecified atom stereocenters. The van der Waals surface area contributed by atoms with Crippen LogP contribution in [0.5, 0.6) is 0 Å². The van der Waals surface area contributed by atoms with Gasteiger partial charge in [-0.15, -0.1) is 0 Å². The normalized spacial score (nSPS) is 12.1. The topological polar surface area (TPSA) is 78.9 Å². The van der Waals surface area contributed by atoms with E-state index in [0.29, 0.717) is 19.3 Å². The average Bonchev–Trinajstić information content (AvgIpc) is 3.08. The fourth-order valence-corrected chi connectivity index (χ4v) is 5.59. The van der Waals surface area contributed by atoms with Crippen molar-refractivity contribution in [2.75, 3.05) is 13.2 Å². The molecule has 0 amide bonds. The van der Waals surface area contributed by atoms with Gasteiger partial charge in [-0.05, 0) is 51.4 Å². The van der Waals surface area contributed by atoms with Gasteiger partial charge in [0.05, 0.1) is 0 Å². The van der Waals surface area contributed by atoms with Crippen LogP contribution in [0.3, 0.4) is 0 Å². The molecule has 0 saturated carbocycles. The lowest BCUT2D eigenvalue weighted by atomic mass is 10.1. The summed E-state index contributed by atoms with van der Waals surface area (Å²) in [6.45, 7) is 6.50. The maximum Gasteiger partial charge on any atom is 0.306 e. The van der Waals surface area contributed by atoms with Crippen LogP contribution in [-0.2, 0) is 28.6 Å². The minimum absolute atomic E-state index is 0.0743. The summed E-state index contributed by atoms with van der Waals surface area (Å²) in [6, 6.07) is 0. The van der Waals surface area contributed by atoms with Crippen molar-refractivity contribution in [2.24, 2.45) is 0 Å². The van der Waals surface area contributed by atoms with Crippen molar-refractivity contribution in [2.45, 2.75) is 213 Å². The summed E-state index contributed by atoms with van der Waals surface area (Å²) in [5.74, 6) is -0.902. The van der Waals surface area contributed by atoms with Gasteiger partial charge in [-0.3, -0.25) is 14.4 Å². The van der Waals surface area contributed by atoms with Gasteiger partial charge in [0.1, 0.15) is 13.2 Å². The van der Waals surface area contributed by atoms with Crippen molar-refractivity contribution in [3.8, 4) is 0 Å². The van der Waals surface area contributed by atoms with Gasteiger partial charge in [-0.25, -0.2) is 0 Å². The molecule has 0 aliphatic carbocycles. The lowest BCUT2D eigenvalue weighted by Crippen LogP contribution is -2.30. The Morgan fingerprint density at radius 2 is 0.750 bits per heavy atom. The van der Waals surface area contributed by atoms with Crippen LogP contribution < -0.4 is 0 Å². The second-order valence-corrected chi connectivity index (χ2v) is 13.6. The Kier molecular flexibility index (Phi) is 36.0. The van der Waals surface area contributed by atoms with Gasteiger partial charge >= 0.3 is 17.9 Å². The molecule has 0 saturated heterocycles. The van der Waals surface area contributed by atoms with E-state index in [1.54, 1.807) is 0 Å². The second-order valence-electron chi connectivity index (χ2n) is 13.6. The molecule has 0 fully saturated rings. The Hall–Kier alpha value is -2.11. The van der Waals surface area contributed by atoms with Crippen LogP contribution in [0.25, 0.3) is 0 Å². The number of esters is 3. The maximum atomic E-state index is 12.6. The minimum Gasteiger partial charge on any atom is -0.462 e. The zero-order valence-electron chi connectivity index (χ0n) is 31.8. The van der Waals surface area contributed by atoms with Crippen molar-refractivity contribution >= 4 is 17.9 Å². The van der Waals surface area contributed by atoms with E-state index < -0.39 is 6.10 Å². The Morgan fingerprint density at radius 3 is 1.19 bits per heavy atom. The highest BCUT2D eigenvalue weighted by molar-refractivity contribution is 5.71. The van der Waals surface area contributed by atoms with Gasteiger partial charge < -0.3 is 14.2 Å². The van der Waals surface area contributed by atoms with Gasteiger partial charge in [-0.1, -0.05) is 161 Å². The Labute approximate surface area is 296 Å². The van der Waals surface area contributed by atoms with Gasteiger partial charge in [0, 0.05) is 19.3 Å². The first kappa shape index (κ1) is 45.9. The SMILES string of the molecule is CCCCC/C=C\C/C=C\CCCCCCCC(=O)OCC(COC(=O)CCCCCCCC)OC(=O)CCCCCCCCCCC. The molecule has 6 heteroatoms. The van der Waals surface area contributed by atoms with Crippen LogP contribution >= 0.6 is 0 Å². The molecule has 6 nitrogen and oxygen atoms in total. The molecule has 0 aromatic carbocycles. The van der Waals surface area contributed by atoms with Gasteiger partial charge in [0.15, 0.2) is 6.10 Å². The van der Waals surface area contributed by atoms with Crippen LogP contribution in [0, 0.1) is 0 Å². The maximum absolute atomic E-state index is 12.6. The number of unbranched alkanes of at least 4 members (excludes halogenated alkanes) is 21. The highest BCUT2D eigenvalue weighted by Crippen LogP contribution is 2.13. The van der Waals surface area contributed by atoms with Crippen molar-refractivity contribution in [1.29, 1.82) is 0 Å². The lowest BCUT2D eigenvalue weighted by molar-refractivity contribution is -0.167. The van der Waals surface area contributed by atoms with Crippen molar-refractivity contribution in [3.63, 3.8) is 0 Å². The fourth-order valence-electron chi connectivity index (χ4n) is 5.59. The molecule has 0 aliphatic rings. The molecule has 0 aromatic heterocycles. The Balaban J connectivity index is 4.29. The quantitative estimate of drug-likeness (QED) is 0.0284. The third-order valence-electron chi connectivity index (χ3n) is 8.71. The Morgan fingerprint density at radius 1 is 0.417 bits per heavy atom. The minimum atomic E-state index is -0.766. The van der Waals surface area contributed by atoms with E-state index in [0.717, 1.165) is 77.0 Å². The molecule has 0 heterocycles. The summed E-state index contributed by atoms with van der Waals surface area (Å²) in [4.78, 5) is 37.3. The molecular formula is C42H76O6. The summed E-state index contributed by atoms with van der Waals surface area (Å²) < 4.78 is 16.5. The Bertz CT molecular complexity index is 789. The third kappa shape index (κ3) is 35.2. The van der Waals surface area contributed by atoms with E-state index >= 15 is 0 Å². The summed E-state index contributed by atoms with van der Waals surface area (Å²) in [6.07, 6.45) is 38.9. The van der Waals surface area contributed by atoms with E-state index in [4.69, 9.17) is 14.2 Å². The molecule has 0 bridgehead atoms. The van der Waals surface area contributed by atoms with Gasteiger partial charge in [-0.2, -0.15) is 0 Å². The number of carbonyl (C=O) groups is 3. The summed E-state index contributed by atoms with van der Waals surface area (Å²) in [5, 5.41) is 0. The number of carbonyl (C=O) groups excluding carboxylic acids is 3. The number of allylic oxidation sites excluding steroid dienone is 4. The predicted molar refractivity (Wildman–Crippen MR) is 201 cm³/mol. The monoisotopic (exact) mass is 677 g/mol. The van der Waals surface area contributed by atoms with Crippen LogP contribution in [0.2, 0.25) is 0 Å². The third-order valence-corrected chi connectivity index (χ3v) is 8.71. The molecule has 1 atom stereocenters. The number of hydrogen-bond donors (Lipinski definition) is 0.